The van der Waals surface area contributed by atoms with Crippen LogP contribution in [0.3, 0.4) is 0 Å². The quantitative estimate of drug-likeness (QED) is 0.585. The maximum absolute atomic E-state index is 13.6. The molecule has 1 aromatic heterocycles. The molecule has 1 unspecified atom stereocenters. The van der Waals surface area contributed by atoms with E-state index in [0.717, 1.165) is 31.2 Å². The molecule has 0 radical (unpaired) electrons. The van der Waals surface area contributed by atoms with Gasteiger partial charge in [-0.05, 0) is 42.5 Å². The third-order valence-electron chi connectivity index (χ3n) is 6.04. The second-order valence-electron chi connectivity index (χ2n) is 7.87. The fraction of sp³-hybridized carbons (Fsp3) is 0.360. The van der Waals surface area contributed by atoms with Crippen LogP contribution >= 0.6 is 0 Å². The van der Waals surface area contributed by atoms with Crippen molar-refractivity contribution in [3.05, 3.63) is 69.6 Å². The molecule has 1 atom stereocenters. The summed E-state index contributed by atoms with van der Waals surface area (Å²) in [6.45, 7) is 2.67. The number of nitrogens with zero attached hydrogens (tertiary/aromatic N) is 1. The number of carbonyl (C=O) groups excluding carboxylic acids is 1. The van der Waals surface area contributed by atoms with Gasteiger partial charge in [0.15, 0.2) is 11.5 Å². The number of pyridine rings is 1. The highest BCUT2D eigenvalue weighted by Gasteiger charge is 2.27. The van der Waals surface area contributed by atoms with Crippen LogP contribution in [0.15, 0.2) is 47.4 Å². The molecule has 0 aliphatic heterocycles. The molecule has 1 aliphatic carbocycles. The average molecular weight is 421 g/mol. The molecule has 1 amide bonds. The van der Waals surface area contributed by atoms with Crippen molar-refractivity contribution in [1.29, 1.82) is 0 Å². The van der Waals surface area contributed by atoms with E-state index in [2.05, 4.69) is 24.4 Å². The van der Waals surface area contributed by atoms with Crippen LogP contribution in [-0.2, 0) is 6.42 Å². The highest BCUT2D eigenvalue weighted by atomic mass is 16.5. The molecule has 0 spiro atoms. The second kappa shape index (κ2) is 8.84. The molecule has 0 saturated heterocycles. The molecule has 6 heteroatoms. The van der Waals surface area contributed by atoms with Crippen LogP contribution in [0.25, 0.3) is 10.8 Å². The fourth-order valence-corrected chi connectivity index (χ4v) is 4.40. The minimum atomic E-state index is -0.189. The normalized spacial score (nSPS) is 15.0. The van der Waals surface area contributed by atoms with E-state index in [1.807, 2.05) is 12.1 Å². The van der Waals surface area contributed by atoms with Gasteiger partial charge in [-0.1, -0.05) is 37.6 Å². The molecule has 6 nitrogen and oxygen atoms in total. The molecule has 1 N–H and O–H groups in total. The van der Waals surface area contributed by atoms with Crippen molar-refractivity contribution in [2.75, 3.05) is 20.8 Å². The minimum Gasteiger partial charge on any atom is -0.493 e. The number of carbonyl (C=O) groups is 1. The number of rotatable bonds is 7. The van der Waals surface area contributed by atoms with Gasteiger partial charge in [-0.2, -0.15) is 0 Å². The first-order valence-electron chi connectivity index (χ1n) is 10.8. The van der Waals surface area contributed by atoms with Gasteiger partial charge in [-0.25, -0.2) is 0 Å². The Labute approximate surface area is 181 Å². The molecule has 1 heterocycles. The van der Waals surface area contributed by atoms with E-state index in [9.17, 15) is 9.59 Å². The fourth-order valence-electron chi connectivity index (χ4n) is 4.40. The zero-order valence-electron chi connectivity index (χ0n) is 18.2. The lowest BCUT2D eigenvalue weighted by atomic mass is 10.0. The number of hydrogen-bond donors (Lipinski definition) is 1. The maximum Gasteiger partial charge on any atom is 0.259 e. The predicted octanol–water partition coefficient (Wildman–Crippen LogP) is 4.08. The Balaban J connectivity index is 1.92. The zero-order valence-corrected chi connectivity index (χ0v) is 18.2. The zero-order chi connectivity index (χ0) is 22.0. The van der Waals surface area contributed by atoms with Crippen molar-refractivity contribution in [2.24, 2.45) is 0 Å². The summed E-state index contributed by atoms with van der Waals surface area (Å²) < 4.78 is 12.6. The summed E-state index contributed by atoms with van der Waals surface area (Å²) in [5, 5.41) is 4.01. The molecule has 31 heavy (non-hydrogen) atoms. The first-order valence-corrected chi connectivity index (χ1v) is 10.8. The van der Waals surface area contributed by atoms with Crippen molar-refractivity contribution in [2.45, 2.75) is 38.6 Å². The van der Waals surface area contributed by atoms with Crippen molar-refractivity contribution in [3.63, 3.8) is 0 Å². The lowest BCUT2D eigenvalue weighted by molar-refractivity contribution is 0.0954. The summed E-state index contributed by atoms with van der Waals surface area (Å²) in [6.07, 6.45) is 5.34. The standard InChI is InChI=1S/C25H28N2O4/c1-4-5-12-26-24(28)20-15-27(21-11-10-16-8-6-7-9-17(16)21)25(29)19-14-23(31-3)22(30-2)13-18(19)20/h6-9,13-15,21H,4-5,10-12H2,1-3H3,(H,26,28). The summed E-state index contributed by atoms with van der Waals surface area (Å²) in [5.74, 6) is 0.765. The van der Waals surface area contributed by atoms with Gasteiger partial charge in [-0.15, -0.1) is 0 Å². The van der Waals surface area contributed by atoms with Gasteiger partial charge in [0.1, 0.15) is 0 Å². The van der Waals surface area contributed by atoms with E-state index in [0.29, 0.717) is 34.4 Å². The predicted molar refractivity (Wildman–Crippen MR) is 121 cm³/mol. The summed E-state index contributed by atoms with van der Waals surface area (Å²) in [6, 6.07) is 11.5. The molecular formula is C25H28N2O4. The lowest BCUT2D eigenvalue weighted by Crippen LogP contribution is -2.30. The SMILES string of the molecule is CCCCNC(=O)c1cn(C2CCc3ccccc32)c(=O)c2cc(OC)c(OC)cc12. The summed E-state index contributed by atoms with van der Waals surface area (Å²) in [7, 11) is 3.08. The van der Waals surface area contributed by atoms with Gasteiger partial charge in [0.25, 0.3) is 11.5 Å². The molecule has 0 fully saturated rings. The molecule has 0 saturated carbocycles. The van der Waals surface area contributed by atoms with Crippen molar-refractivity contribution in [3.8, 4) is 11.5 Å². The van der Waals surface area contributed by atoms with Crippen molar-refractivity contribution >= 4 is 16.7 Å². The number of hydrogen-bond acceptors (Lipinski definition) is 4. The Kier molecular flexibility index (Phi) is 5.98. The van der Waals surface area contributed by atoms with Gasteiger partial charge >= 0.3 is 0 Å². The van der Waals surface area contributed by atoms with E-state index < -0.39 is 0 Å². The number of aryl methyl sites for hydroxylation is 1. The average Bonchev–Trinajstić information content (AvgIpc) is 3.22. The van der Waals surface area contributed by atoms with Crippen LogP contribution in [0.4, 0.5) is 0 Å². The number of amides is 1. The van der Waals surface area contributed by atoms with E-state index in [-0.39, 0.29) is 17.5 Å². The van der Waals surface area contributed by atoms with Gasteiger partial charge in [0.2, 0.25) is 0 Å². The number of benzene rings is 2. The third kappa shape index (κ3) is 3.78. The van der Waals surface area contributed by atoms with Crippen LogP contribution < -0.4 is 20.3 Å². The van der Waals surface area contributed by atoms with Crippen LogP contribution in [0, 0.1) is 0 Å². The van der Waals surface area contributed by atoms with Gasteiger partial charge in [0, 0.05) is 18.1 Å². The molecule has 2 aromatic carbocycles. The summed E-state index contributed by atoms with van der Waals surface area (Å²) >= 11 is 0. The lowest BCUT2D eigenvalue weighted by Gasteiger charge is -2.19. The van der Waals surface area contributed by atoms with E-state index in [1.54, 1.807) is 30.0 Å². The van der Waals surface area contributed by atoms with Crippen LogP contribution in [0.2, 0.25) is 0 Å². The van der Waals surface area contributed by atoms with Gasteiger partial charge in [-0.3, -0.25) is 9.59 Å². The highest BCUT2D eigenvalue weighted by Crippen LogP contribution is 2.36. The number of fused-ring (bicyclic) bond motifs is 2. The van der Waals surface area contributed by atoms with E-state index in [4.69, 9.17) is 9.47 Å². The molecule has 0 bridgehead atoms. The maximum atomic E-state index is 13.6. The summed E-state index contributed by atoms with van der Waals surface area (Å²) in [4.78, 5) is 26.7. The highest BCUT2D eigenvalue weighted by molar-refractivity contribution is 6.07. The largest absolute Gasteiger partial charge is 0.493 e. The Hall–Kier alpha value is -3.28. The van der Waals surface area contributed by atoms with Crippen LogP contribution in [-0.4, -0.2) is 31.2 Å². The molecule has 4 rings (SSSR count). The van der Waals surface area contributed by atoms with Gasteiger partial charge in [0.05, 0.1) is 31.2 Å². The smallest absolute Gasteiger partial charge is 0.259 e. The Morgan fingerprint density at radius 2 is 1.84 bits per heavy atom. The number of nitrogens with one attached hydrogen (secondary N) is 1. The van der Waals surface area contributed by atoms with Gasteiger partial charge < -0.3 is 19.4 Å². The van der Waals surface area contributed by atoms with E-state index in [1.165, 1.54) is 12.7 Å². The van der Waals surface area contributed by atoms with E-state index >= 15 is 0 Å². The number of unbranched alkanes of at least 4 members (excludes halogenated alkanes) is 1. The first-order chi connectivity index (χ1) is 15.1. The minimum absolute atomic E-state index is 0.0941. The molecule has 162 valence electrons. The van der Waals surface area contributed by atoms with Crippen molar-refractivity contribution in [1.82, 2.24) is 9.88 Å². The molecule has 3 aromatic rings. The third-order valence-corrected chi connectivity index (χ3v) is 6.04. The molecular weight excluding hydrogens is 392 g/mol. The van der Waals surface area contributed by atoms with Crippen LogP contribution in [0.5, 0.6) is 11.5 Å². The van der Waals surface area contributed by atoms with Crippen LogP contribution in [0.1, 0.15) is 53.7 Å². The number of methoxy groups -OCH3 is 2. The number of ether oxygens (including phenoxy) is 2. The van der Waals surface area contributed by atoms with Crippen molar-refractivity contribution < 1.29 is 14.3 Å². The Morgan fingerprint density at radius 1 is 1.13 bits per heavy atom. The topological polar surface area (TPSA) is 69.6 Å². The first kappa shape index (κ1) is 21.0. The number of aromatic nitrogens is 1. The second-order valence-corrected chi connectivity index (χ2v) is 7.87. The summed E-state index contributed by atoms with van der Waals surface area (Å²) in [5.41, 5.74) is 2.72. The monoisotopic (exact) mass is 420 g/mol. The Bertz CT molecular complexity index is 1180. The Morgan fingerprint density at radius 3 is 2.55 bits per heavy atom. The molecule has 1 aliphatic rings.